The molecule has 0 saturated heterocycles. The number of ether oxygens (including phenoxy) is 1. The van der Waals surface area contributed by atoms with Crippen LogP contribution in [0, 0.1) is 0 Å². The Morgan fingerprint density at radius 2 is 1.82 bits per heavy atom. The molecular weight excluding hydrogens is 226 g/mol. The fourth-order valence-corrected chi connectivity index (χ4v) is 1.55. The summed E-state index contributed by atoms with van der Waals surface area (Å²) in [6, 6.07) is 8.63. The maximum Gasteiger partial charge on any atom is 0.181 e. The van der Waals surface area contributed by atoms with Crippen molar-refractivity contribution in [3.05, 3.63) is 35.9 Å². The number of halogens is 2. The zero-order chi connectivity index (χ0) is 12.8. The predicted octanol–water partition coefficient (Wildman–Crippen LogP) is 3.17. The Morgan fingerprint density at radius 1 is 1.24 bits per heavy atom. The summed E-state index contributed by atoms with van der Waals surface area (Å²) in [5.74, 6) is 0. The maximum absolute atomic E-state index is 13.5. The van der Waals surface area contributed by atoms with E-state index in [1.165, 1.54) is 0 Å². The molecule has 4 atom stereocenters. The van der Waals surface area contributed by atoms with E-state index < -0.39 is 24.7 Å². The first-order chi connectivity index (χ1) is 8.06. The van der Waals surface area contributed by atoms with E-state index >= 15 is 0 Å². The van der Waals surface area contributed by atoms with Gasteiger partial charge in [-0.25, -0.2) is 8.78 Å². The second kappa shape index (κ2) is 6.67. The van der Waals surface area contributed by atoms with Crippen molar-refractivity contribution < 1.29 is 18.6 Å². The monoisotopic (exact) mass is 244 g/mol. The molecule has 0 amide bonds. The molecule has 0 aliphatic carbocycles. The first-order valence-corrected chi connectivity index (χ1v) is 5.72. The van der Waals surface area contributed by atoms with Crippen LogP contribution < -0.4 is 0 Å². The minimum Gasteiger partial charge on any atom is -0.364 e. The summed E-state index contributed by atoms with van der Waals surface area (Å²) < 4.78 is 31.5. The molecule has 0 saturated carbocycles. The van der Waals surface area contributed by atoms with Crippen LogP contribution in [0.2, 0.25) is 0 Å². The topological polar surface area (TPSA) is 29.5 Å². The highest BCUT2D eigenvalue weighted by molar-refractivity contribution is 5.15. The van der Waals surface area contributed by atoms with Crippen molar-refractivity contribution in [1.29, 1.82) is 0 Å². The second-order valence-corrected chi connectivity index (χ2v) is 3.97. The highest BCUT2D eigenvalue weighted by atomic mass is 19.2. The molecule has 1 N–H and O–H groups in total. The molecule has 0 aliphatic heterocycles. The van der Waals surface area contributed by atoms with E-state index in [1.54, 1.807) is 37.3 Å². The first kappa shape index (κ1) is 14.1. The molecule has 0 heterocycles. The largest absolute Gasteiger partial charge is 0.364 e. The molecule has 0 aliphatic rings. The van der Waals surface area contributed by atoms with Crippen molar-refractivity contribution in [1.82, 2.24) is 0 Å². The molecule has 2 nitrogen and oxygen atoms in total. The van der Waals surface area contributed by atoms with Crippen LogP contribution in [-0.4, -0.2) is 23.6 Å². The van der Waals surface area contributed by atoms with Gasteiger partial charge in [-0.2, -0.15) is 0 Å². The molecule has 1 aromatic carbocycles. The number of benzene rings is 1. The minimum absolute atomic E-state index is 0.305. The van der Waals surface area contributed by atoms with E-state index in [-0.39, 0.29) is 0 Å². The van der Waals surface area contributed by atoms with Gasteiger partial charge in [0.05, 0.1) is 6.10 Å². The van der Waals surface area contributed by atoms with Gasteiger partial charge in [0.15, 0.2) is 12.5 Å². The molecule has 0 spiro atoms. The third-order valence-corrected chi connectivity index (χ3v) is 2.58. The predicted molar refractivity (Wildman–Crippen MR) is 62.0 cm³/mol. The zero-order valence-electron chi connectivity index (χ0n) is 10.0. The Labute approximate surface area is 100 Å². The zero-order valence-corrected chi connectivity index (χ0v) is 10.0. The SMILES string of the molecule is CCC(OC(O)c1ccccc1)C(F)C(C)F. The van der Waals surface area contributed by atoms with Crippen LogP contribution in [0.5, 0.6) is 0 Å². The van der Waals surface area contributed by atoms with Crippen LogP contribution in [0.25, 0.3) is 0 Å². The average Bonchev–Trinajstić information content (AvgIpc) is 2.35. The number of aliphatic hydroxyl groups is 1. The number of rotatable bonds is 6. The molecule has 96 valence electrons. The molecular formula is C13H18F2O2. The lowest BCUT2D eigenvalue weighted by Gasteiger charge is -2.24. The van der Waals surface area contributed by atoms with Crippen LogP contribution in [0.4, 0.5) is 8.78 Å². The van der Waals surface area contributed by atoms with E-state index in [0.717, 1.165) is 6.92 Å². The number of alkyl halides is 2. The molecule has 4 unspecified atom stereocenters. The lowest BCUT2D eigenvalue weighted by Crippen LogP contribution is -2.32. The quantitative estimate of drug-likeness (QED) is 0.779. The van der Waals surface area contributed by atoms with Crippen molar-refractivity contribution in [2.45, 2.75) is 45.0 Å². The molecule has 0 bridgehead atoms. The van der Waals surface area contributed by atoms with Gasteiger partial charge in [0, 0.05) is 5.56 Å². The van der Waals surface area contributed by atoms with Gasteiger partial charge in [0.2, 0.25) is 0 Å². The average molecular weight is 244 g/mol. The number of hydrogen-bond acceptors (Lipinski definition) is 2. The number of hydrogen-bond donors (Lipinski definition) is 1. The van der Waals surface area contributed by atoms with Gasteiger partial charge in [-0.05, 0) is 13.3 Å². The van der Waals surface area contributed by atoms with Gasteiger partial charge < -0.3 is 9.84 Å². The van der Waals surface area contributed by atoms with Crippen LogP contribution >= 0.6 is 0 Å². The normalized spacial score (nSPS) is 18.4. The van der Waals surface area contributed by atoms with E-state index in [1.807, 2.05) is 0 Å². The van der Waals surface area contributed by atoms with Gasteiger partial charge in [0.25, 0.3) is 0 Å². The van der Waals surface area contributed by atoms with Crippen LogP contribution in [0.15, 0.2) is 30.3 Å². The van der Waals surface area contributed by atoms with Crippen molar-refractivity contribution in [3.8, 4) is 0 Å². The molecule has 0 aromatic heterocycles. The maximum atomic E-state index is 13.5. The summed E-state index contributed by atoms with van der Waals surface area (Å²) in [5, 5.41) is 9.74. The summed E-state index contributed by atoms with van der Waals surface area (Å²) in [4.78, 5) is 0. The standard InChI is InChI=1S/C13H18F2O2/c1-3-11(12(15)9(2)14)17-13(16)10-7-5-4-6-8-10/h4-9,11-13,16H,3H2,1-2H3. The van der Waals surface area contributed by atoms with E-state index in [9.17, 15) is 13.9 Å². The Morgan fingerprint density at radius 3 is 2.29 bits per heavy atom. The molecule has 4 heteroatoms. The highest BCUT2D eigenvalue weighted by Crippen LogP contribution is 2.22. The Hall–Kier alpha value is -1.00. The van der Waals surface area contributed by atoms with Gasteiger partial charge in [-0.3, -0.25) is 0 Å². The summed E-state index contributed by atoms with van der Waals surface area (Å²) >= 11 is 0. The molecule has 1 rings (SSSR count). The molecule has 17 heavy (non-hydrogen) atoms. The van der Waals surface area contributed by atoms with Crippen molar-refractivity contribution >= 4 is 0 Å². The van der Waals surface area contributed by atoms with Crippen LogP contribution in [-0.2, 0) is 4.74 Å². The molecule has 1 aromatic rings. The molecule has 0 fully saturated rings. The summed E-state index contributed by atoms with van der Waals surface area (Å²) in [6.07, 6.45) is -5.19. The fraction of sp³-hybridized carbons (Fsp3) is 0.538. The Balaban J connectivity index is 2.63. The summed E-state index contributed by atoms with van der Waals surface area (Å²) in [5.41, 5.74) is 0.532. The van der Waals surface area contributed by atoms with Crippen LogP contribution in [0.1, 0.15) is 32.1 Å². The third-order valence-electron chi connectivity index (χ3n) is 2.58. The van der Waals surface area contributed by atoms with Gasteiger partial charge in [-0.1, -0.05) is 37.3 Å². The Bertz CT molecular complexity index is 316. The lowest BCUT2D eigenvalue weighted by molar-refractivity contribution is -0.165. The van der Waals surface area contributed by atoms with E-state index in [0.29, 0.717) is 12.0 Å². The van der Waals surface area contributed by atoms with Gasteiger partial charge >= 0.3 is 0 Å². The second-order valence-electron chi connectivity index (χ2n) is 3.97. The lowest BCUT2D eigenvalue weighted by atomic mass is 10.1. The van der Waals surface area contributed by atoms with Crippen molar-refractivity contribution in [3.63, 3.8) is 0 Å². The molecule has 0 radical (unpaired) electrons. The van der Waals surface area contributed by atoms with Crippen molar-refractivity contribution in [2.24, 2.45) is 0 Å². The third kappa shape index (κ3) is 4.06. The minimum atomic E-state index is -1.72. The first-order valence-electron chi connectivity index (χ1n) is 5.72. The van der Waals surface area contributed by atoms with Gasteiger partial charge in [-0.15, -0.1) is 0 Å². The Kier molecular flexibility index (Phi) is 5.51. The highest BCUT2D eigenvalue weighted by Gasteiger charge is 2.28. The fourth-order valence-electron chi connectivity index (χ4n) is 1.55. The summed E-state index contributed by atoms with van der Waals surface area (Å²) in [7, 11) is 0. The summed E-state index contributed by atoms with van der Waals surface area (Å²) in [6.45, 7) is 2.84. The smallest absolute Gasteiger partial charge is 0.181 e. The van der Waals surface area contributed by atoms with E-state index in [2.05, 4.69) is 0 Å². The van der Waals surface area contributed by atoms with Gasteiger partial charge in [0.1, 0.15) is 6.17 Å². The number of aliphatic hydroxyl groups excluding tert-OH is 1. The van der Waals surface area contributed by atoms with Crippen LogP contribution in [0.3, 0.4) is 0 Å². The van der Waals surface area contributed by atoms with Crippen molar-refractivity contribution in [2.75, 3.05) is 0 Å². The van der Waals surface area contributed by atoms with E-state index in [4.69, 9.17) is 4.74 Å².